The van der Waals surface area contributed by atoms with E-state index in [1.165, 1.54) is 32.1 Å². The van der Waals surface area contributed by atoms with E-state index in [1.54, 1.807) is 16.7 Å². The molecule has 0 aromatic heterocycles. The molecule has 2 aliphatic carbocycles. The highest BCUT2D eigenvalue weighted by molar-refractivity contribution is 8.01. The standard InChI is InChI=1S/C26H46N4O4S/c1-4-14-34-25(33)29-22(26(2,3)35-20-12-8-9-13-20)24(32)30-17-19(27)15-21(30)23(31)28-16-18-10-6-5-7-11-18/h18-22H,4-17,27H2,1-3H3,(H,28,31)(H,29,33)/t19-,21+,22+/m1/s1. The minimum absolute atomic E-state index is 0.134. The van der Waals surface area contributed by atoms with Crippen molar-refractivity contribution in [2.24, 2.45) is 11.7 Å². The molecule has 0 bridgehead atoms. The molecular formula is C26H46N4O4S. The Morgan fingerprint density at radius 2 is 1.74 bits per heavy atom. The molecule has 3 amide bonds. The van der Waals surface area contributed by atoms with Crippen LogP contribution in [0.3, 0.4) is 0 Å². The van der Waals surface area contributed by atoms with Crippen LogP contribution in [0.15, 0.2) is 0 Å². The van der Waals surface area contributed by atoms with Crippen LogP contribution in [0.4, 0.5) is 4.79 Å². The van der Waals surface area contributed by atoms with Gasteiger partial charge in [0.15, 0.2) is 0 Å². The summed E-state index contributed by atoms with van der Waals surface area (Å²) in [5.74, 6) is 0.126. The van der Waals surface area contributed by atoms with Crippen LogP contribution >= 0.6 is 11.8 Å². The maximum absolute atomic E-state index is 13.9. The van der Waals surface area contributed by atoms with Crippen LogP contribution in [0, 0.1) is 5.92 Å². The molecule has 3 fully saturated rings. The minimum Gasteiger partial charge on any atom is -0.450 e. The lowest BCUT2D eigenvalue weighted by molar-refractivity contribution is -0.140. The average molecular weight is 511 g/mol. The van der Waals surface area contributed by atoms with Gasteiger partial charge in [-0.25, -0.2) is 4.79 Å². The maximum Gasteiger partial charge on any atom is 0.407 e. The van der Waals surface area contributed by atoms with E-state index in [4.69, 9.17) is 10.5 Å². The Bertz CT molecular complexity index is 722. The summed E-state index contributed by atoms with van der Waals surface area (Å²) in [6.45, 7) is 7.20. The number of nitrogens with zero attached hydrogens (tertiary/aromatic N) is 1. The number of ether oxygens (including phenoxy) is 1. The van der Waals surface area contributed by atoms with Crippen LogP contribution in [-0.2, 0) is 14.3 Å². The van der Waals surface area contributed by atoms with Gasteiger partial charge in [0.2, 0.25) is 11.8 Å². The monoisotopic (exact) mass is 510 g/mol. The second-order valence-electron chi connectivity index (χ2n) is 11.1. The third kappa shape index (κ3) is 8.00. The number of nitrogens with one attached hydrogen (secondary N) is 2. The predicted octanol–water partition coefficient (Wildman–Crippen LogP) is 3.57. The summed E-state index contributed by atoms with van der Waals surface area (Å²) in [7, 11) is 0. The Kier molecular flexibility index (Phi) is 10.6. The lowest BCUT2D eigenvalue weighted by Crippen LogP contribution is -2.60. The van der Waals surface area contributed by atoms with Crippen LogP contribution in [0.5, 0.6) is 0 Å². The molecule has 4 N–H and O–H groups in total. The first-order valence-corrected chi connectivity index (χ1v) is 14.5. The van der Waals surface area contributed by atoms with Crippen LogP contribution < -0.4 is 16.4 Å². The fourth-order valence-corrected chi connectivity index (χ4v) is 7.40. The summed E-state index contributed by atoms with van der Waals surface area (Å²) < 4.78 is 4.70. The number of alkyl carbamates (subject to hydrolysis) is 1. The molecule has 35 heavy (non-hydrogen) atoms. The number of likely N-dealkylation sites (tertiary alicyclic amines) is 1. The maximum atomic E-state index is 13.9. The van der Waals surface area contributed by atoms with Crippen LogP contribution in [0.25, 0.3) is 0 Å². The zero-order valence-corrected chi connectivity index (χ0v) is 22.7. The van der Waals surface area contributed by atoms with Gasteiger partial charge in [-0.15, -0.1) is 11.8 Å². The summed E-state index contributed by atoms with van der Waals surface area (Å²) in [5, 5.41) is 6.42. The van der Waals surface area contributed by atoms with Gasteiger partial charge in [-0.05, 0) is 58.3 Å². The van der Waals surface area contributed by atoms with Crippen molar-refractivity contribution in [3.8, 4) is 0 Å². The van der Waals surface area contributed by atoms with Gasteiger partial charge >= 0.3 is 6.09 Å². The smallest absolute Gasteiger partial charge is 0.407 e. The Morgan fingerprint density at radius 1 is 1.09 bits per heavy atom. The topological polar surface area (TPSA) is 114 Å². The van der Waals surface area contributed by atoms with E-state index in [1.807, 2.05) is 20.8 Å². The van der Waals surface area contributed by atoms with Crippen LogP contribution in [0.2, 0.25) is 0 Å². The van der Waals surface area contributed by atoms with Gasteiger partial charge in [0.25, 0.3) is 0 Å². The minimum atomic E-state index is -0.809. The highest BCUT2D eigenvalue weighted by Gasteiger charge is 2.46. The molecule has 1 aliphatic heterocycles. The number of hydrogen-bond donors (Lipinski definition) is 3. The molecular weight excluding hydrogens is 464 g/mol. The largest absolute Gasteiger partial charge is 0.450 e. The molecule has 0 radical (unpaired) electrons. The summed E-state index contributed by atoms with van der Waals surface area (Å²) in [4.78, 5) is 41.3. The van der Waals surface area contributed by atoms with Gasteiger partial charge in [0.1, 0.15) is 12.1 Å². The van der Waals surface area contributed by atoms with Crippen LogP contribution in [-0.4, -0.2) is 70.6 Å². The first-order chi connectivity index (χ1) is 16.7. The van der Waals surface area contributed by atoms with Gasteiger partial charge in [-0.3, -0.25) is 9.59 Å². The second-order valence-corrected chi connectivity index (χ2v) is 13.0. The van der Waals surface area contributed by atoms with E-state index in [0.29, 0.717) is 43.7 Å². The highest BCUT2D eigenvalue weighted by Crippen LogP contribution is 2.40. The molecule has 3 aliphatic rings. The van der Waals surface area contributed by atoms with Crippen molar-refractivity contribution in [2.45, 2.75) is 120 Å². The lowest BCUT2D eigenvalue weighted by Gasteiger charge is -2.38. The highest BCUT2D eigenvalue weighted by atomic mass is 32.2. The summed E-state index contributed by atoms with van der Waals surface area (Å²) in [6.07, 6.45) is 11.2. The van der Waals surface area contributed by atoms with Crippen molar-refractivity contribution in [3.05, 3.63) is 0 Å². The van der Waals surface area contributed by atoms with Gasteiger partial charge in [0.05, 0.1) is 6.61 Å². The van der Waals surface area contributed by atoms with Gasteiger partial charge in [-0.2, -0.15) is 0 Å². The van der Waals surface area contributed by atoms with E-state index >= 15 is 0 Å². The molecule has 1 saturated heterocycles. The Morgan fingerprint density at radius 3 is 2.40 bits per heavy atom. The average Bonchev–Trinajstić information content (AvgIpc) is 3.48. The number of hydrogen-bond acceptors (Lipinski definition) is 6. The molecule has 2 saturated carbocycles. The molecule has 200 valence electrons. The first kappa shape index (κ1) is 28.1. The van der Waals surface area contributed by atoms with Crippen LogP contribution in [0.1, 0.15) is 91.4 Å². The van der Waals surface area contributed by atoms with Crippen molar-refractivity contribution >= 4 is 29.7 Å². The van der Waals surface area contributed by atoms with E-state index in [2.05, 4.69) is 10.6 Å². The lowest BCUT2D eigenvalue weighted by atomic mass is 9.89. The SMILES string of the molecule is CCCOC(=O)N[C@@H](C(=O)N1C[C@H](N)C[C@H]1C(=O)NCC1CCCCC1)C(C)(C)SC1CCCC1. The fraction of sp³-hybridized carbons (Fsp3) is 0.885. The van der Waals surface area contributed by atoms with Crippen molar-refractivity contribution in [3.63, 3.8) is 0 Å². The van der Waals surface area contributed by atoms with Crippen molar-refractivity contribution in [1.29, 1.82) is 0 Å². The molecule has 1 heterocycles. The molecule has 3 atom stereocenters. The normalized spacial score (nSPS) is 24.9. The first-order valence-electron chi connectivity index (χ1n) is 13.7. The number of carbonyl (C=O) groups is 3. The molecule has 9 heteroatoms. The number of nitrogens with two attached hydrogens (primary N) is 1. The Balaban J connectivity index is 1.72. The number of carbonyl (C=O) groups excluding carboxylic acids is 3. The van der Waals surface area contributed by atoms with Gasteiger partial charge in [0, 0.05) is 29.1 Å². The Hall–Kier alpha value is -1.48. The number of thioether (sulfide) groups is 1. The quantitative estimate of drug-likeness (QED) is 0.414. The number of rotatable bonds is 10. The fourth-order valence-electron chi connectivity index (χ4n) is 5.67. The van der Waals surface area contributed by atoms with Crippen molar-refractivity contribution < 1.29 is 19.1 Å². The molecule has 0 spiro atoms. The van der Waals surface area contributed by atoms with E-state index in [9.17, 15) is 14.4 Å². The van der Waals surface area contributed by atoms with Crippen molar-refractivity contribution in [2.75, 3.05) is 19.7 Å². The van der Waals surface area contributed by atoms with E-state index < -0.39 is 22.9 Å². The molecule has 0 aromatic carbocycles. The summed E-state index contributed by atoms with van der Waals surface area (Å²) >= 11 is 1.76. The Labute approximate surface area is 215 Å². The predicted molar refractivity (Wildman–Crippen MR) is 140 cm³/mol. The van der Waals surface area contributed by atoms with Crippen molar-refractivity contribution in [1.82, 2.24) is 15.5 Å². The second kappa shape index (κ2) is 13.2. The molecule has 8 nitrogen and oxygen atoms in total. The molecule has 3 rings (SSSR count). The van der Waals surface area contributed by atoms with Gasteiger partial charge in [-0.1, -0.05) is 39.0 Å². The summed E-state index contributed by atoms with van der Waals surface area (Å²) in [6, 6.07) is -1.68. The number of amides is 3. The third-order valence-electron chi connectivity index (χ3n) is 7.62. The van der Waals surface area contributed by atoms with Gasteiger partial charge < -0.3 is 26.0 Å². The zero-order valence-electron chi connectivity index (χ0n) is 21.9. The molecule has 0 unspecified atom stereocenters. The molecule has 0 aromatic rings. The summed E-state index contributed by atoms with van der Waals surface area (Å²) in [5.41, 5.74) is 6.25. The zero-order chi connectivity index (χ0) is 25.4. The third-order valence-corrected chi connectivity index (χ3v) is 9.27. The van der Waals surface area contributed by atoms with E-state index in [-0.39, 0.29) is 17.9 Å². The van der Waals surface area contributed by atoms with E-state index in [0.717, 1.165) is 25.7 Å².